The van der Waals surface area contributed by atoms with Crippen molar-refractivity contribution in [3.63, 3.8) is 0 Å². The third-order valence-electron chi connectivity index (χ3n) is 2.67. The summed E-state index contributed by atoms with van der Waals surface area (Å²) in [5.41, 5.74) is 0.636. The van der Waals surface area contributed by atoms with Crippen molar-refractivity contribution >= 4 is 11.6 Å². The summed E-state index contributed by atoms with van der Waals surface area (Å²) in [5, 5.41) is 0. The molecule has 0 fully saturated rings. The molecule has 0 aromatic heterocycles. The Bertz CT molecular complexity index is 363. The van der Waals surface area contributed by atoms with E-state index in [-0.39, 0.29) is 5.82 Å². The molecule has 3 nitrogen and oxygen atoms in total. The number of benzene rings is 1. The summed E-state index contributed by atoms with van der Waals surface area (Å²) < 4.78 is 23.8. The van der Waals surface area contributed by atoms with Crippen molar-refractivity contribution in [1.29, 1.82) is 0 Å². The highest BCUT2D eigenvalue weighted by molar-refractivity contribution is 6.18. The normalized spacial score (nSPS) is 10.9. The molecule has 0 bridgehead atoms. The number of halogens is 2. The molecule has 18 heavy (non-hydrogen) atoms. The van der Waals surface area contributed by atoms with Crippen LogP contribution in [0.25, 0.3) is 0 Å². The van der Waals surface area contributed by atoms with Gasteiger partial charge in [0.2, 0.25) is 0 Å². The van der Waals surface area contributed by atoms with Crippen LogP contribution in [-0.2, 0) is 11.3 Å². The smallest absolute Gasteiger partial charge is 0.131 e. The summed E-state index contributed by atoms with van der Waals surface area (Å²) in [6, 6.07) is 4.89. The SMILES string of the molecule is COCCN(CCCl)Cc1ccc(OC)cc1F. The largest absolute Gasteiger partial charge is 0.497 e. The van der Waals surface area contributed by atoms with Gasteiger partial charge in [0, 0.05) is 44.3 Å². The van der Waals surface area contributed by atoms with Crippen molar-refractivity contribution < 1.29 is 13.9 Å². The van der Waals surface area contributed by atoms with Crippen LogP contribution < -0.4 is 4.74 Å². The molecule has 1 aromatic rings. The standard InChI is InChI=1S/C13H19ClFNO2/c1-17-8-7-16(6-5-14)10-11-3-4-12(18-2)9-13(11)15/h3-4,9H,5-8,10H2,1-2H3. The first-order chi connectivity index (χ1) is 8.71. The third-order valence-corrected chi connectivity index (χ3v) is 2.84. The van der Waals surface area contributed by atoms with Crippen LogP contribution in [0, 0.1) is 5.82 Å². The fraction of sp³-hybridized carbons (Fsp3) is 0.538. The van der Waals surface area contributed by atoms with Crippen molar-refractivity contribution in [2.24, 2.45) is 0 Å². The van der Waals surface area contributed by atoms with Crippen LogP contribution in [0.3, 0.4) is 0 Å². The molecule has 0 saturated heterocycles. The van der Waals surface area contributed by atoms with Crippen LogP contribution in [0.4, 0.5) is 4.39 Å². The first kappa shape index (κ1) is 15.2. The average molecular weight is 276 g/mol. The molecule has 0 heterocycles. The van der Waals surface area contributed by atoms with Gasteiger partial charge in [-0.15, -0.1) is 11.6 Å². The van der Waals surface area contributed by atoms with E-state index in [9.17, 15) is 4.39 Å². The van der Waals surface area contributed by atoms with E-state index in [4.69, 9.17) is 21.1 Å². The quantitative estimate of drug-likeness (QED) is 0.681. The Morgan fingerprint density at radius 3 is 2.61 bits per heavy atom. The van der Waals surface area contributed by atoms with Crippen LogP contribution in [0.15, 0.2) is 18.2 Å². The highest BCUT2D eigenvalue weighted by Crippen LogP contribution is 2.17. The molecule has 0 atom stereocenters. The Labute approximate surface area is 112 Å². The summed E-state index contributed by atoms with van der Waals surface area (Å²) in [5.74, 6) is 0.782. The molecule has 102 valence electrons. The Morgan fingerprint density at radius 2 is 2.06 bits per heavy atom. The van der Waals surface area contributed by atoms with Gasteiger partial charge in [-0.1, -0.05) is 6.07 Å². The summed E-state index contributed by atoms with van der Waals surface area (Å²) in [7, 11) is 3.17. The van der Waals surface area contributed by atoms with Crippen LogP contribution in [-0.4, -0.2) is 44.7 Å². The lowest BCUT2D eigenvalue weighted by atomic mass is 10.2. The van der Waals surface area contributed by atoms with E-state index in [1.54, 1.807) is 19.2 Å². The minimum absolute atomic E-state index is 0.258. The number of hydrogen-bond donors (Lipinski definition) is 0. The van der Waals surface area contributed by atoms with Crippen molar-refractivity contribution in [1.82, 2.24) is 4.90 Å². The van der Waals surface area contributed by atoms with E-state index in [1.165, 1.54) is 13.2 Å². The minimum atomic E-state index is -0.258. The van der Waals surface area contributed by atoms with Crippen LogP contribution in [0.2, 0.25) is 0 Å². The second-order valence-electron chi connectivity index (χ2n) is 3.92. The number of ether oxygens (including phenoxy) is 2. The molecule has 1 aromatic carbocycles. The zero-order valence-electron chi connectivity index (χ0n) is 10.8. The topological polar surface area (TPSA) is 21.7 Å². The van der Waals surface area contributed by atoms with E-state index >= 15 is 0 Å². The monoisotopic (exact) mass is 275 g/mol. The third kappa shape index (κ3) is 4.80. The predicted molar refractivity (Wildman–Crippen MR) is 70.8 cm³/mol. The van der Waals surface area contributed by atoms with Gasteiger partial charge in [-0.3, -0.25) is 4.90 Å². The maximum absolute atomic E-state index is 13.8. The number of nitrogens with zero attached hydrogens (tertiary/aromatic N) is 1. The Morgan fingerprint density at radius 1 is 1.28 bits per heavy atom. The Balaban J connectivity index is 2.67. The van der Waals surface area contributed by atoms with Gasteiger partial charge in [-0.2, -0.15) is 0 Å². The molecule has 0 radical (unpaired) electrons. The van der Waals surface area contributed by atoms with E-state index in [2.05, 4.69) is 4.90 Å². The molecular formula is C13H19ClFNO2. The zero-order chi connectivity index (χ0) is 13.4. The molecule has 5 heteroatoms. The summed E-state index contributed by atoms with van der Waals surface area (Å²) in [4.78, 5) is 2.06. The molecule has 1 rings (SSSR count). The lowest BCUT2D eigenvalue weighted by Crippen LogP contribution is -2.29. The molecule has 0 spiro atoms. The van der Waals surface area contributed by atoms with E-state index in [0.717, 1.165) is 6.54 Å². The lowest BCUT2D eigenvalue weighted by Gasteiger charge is -2.21. The van der Waals surface area contributed by atoms with E-state index < -0.39 is 0 Å². The second-order valence-corrected chi connectivity index (χ2v) is 4.29. The van der Waals surface area contributed by atoms with Crippen molar-refractivity contribution in [3.05, 3.63) is 29.6 Å². The van der Waals surface area contributed by atoms with Gasteiger partial charge in [0.15, 0.2) is 0 Å². The molecule has 0 aliphatic heterocycles. The number of rotatable bonds is 8. The number of alkyl halides is 1. The maximum Gasteiger partial charge on any atom is 0.131 e. The van der Waals surface area contributed by atoms with E-state index in [0.29, 0.717) is 36.9 Å². The fourth-order valence-corrected chi connectivity index (χ4v) is 1.87. The van der Waals surface area contributed by atoms with Crippen LogP contribution >= 0.6 is 11.6 Å². The van der Waals surface area contributed by atoms with Gasteiger partial charge in [-0.05, 0) is 6.07 Å². The summed E-state index contributed by atoms with van der Waals surface area (Å²) in [6.07, 6.45) is 0. The number of methoxy groups -OCH3 is 2. The van der Waals surface area contributed by atoms with Crippen LogP contribution in [0.5, 0.6) is 5.75 Å². The van der Waals surface area contributed by atoms with Gasteiger partial charge in [0.25, 0.3) is 0 Å². The molecular weight excluding hydrogens is 257 g/mol. The predicted octanol–water partition coefficient (Wildman–Crippen LogP) is 2.52. The molecule has 0 amide bonds. The fourth-order valence-electron chi connectivity index (χ4n) is 1.63. The van der Waals surface area contributed by atoms with Crippen LogP contribution in [0.1, 0.15) is 5.56 Å². The molecule has 0 N–H and O–H groups in total. The molecule has 0 saturated carbocycles. The molecule has 0 aliphatic rings. The molecule has 0 unspecified atom stereocenters. The van der Waals surface area contributed by atoms with Gasteiger partial charge in [-0.25, -0.2) is 4.39 Å². The van der Waals surface area contributed by atoms with Gasteiger partial charge in [0.1, 0.15) is 11.6 Å². The maximum atomic E-state index is 13.8. The highest BCUT2D eigenvalue weighted by atomic mass is 35.5. The van der Waals surface area contributed by atoms with Gasteiger partial charge >= 0.3 is 0 Å². The zero-order valence-corrected chi connectivity index (χ0v) is 11.5. The van der Waals surface area contributed by atoms with Gasteiger partial charge < -0.3 is 9.47 Å². The van der Waals surface area contributed by atoms with E-state index in [1.807, 2.05) is 0 Å². The lowest BCUT2D eigenvalue weighted by molar-refractivity contribution is 0.147. The average Bonchev–Trinajstić information content (AvgIpc) is 2.38. The Kier molecular flexibility index (Phi) is 7.01. The second kappa shape index (κ2) is 8.29. The summed E-state index contributed by atoms with van der Waals surface area (Å²) >= 11 is 5.73. The Hall–Kier alpha value is -0.840. The summed E-state index contributed by atoms with van der Waals surface area (Å²) in [6.45, 7) is 2.56. The highest BCUT2D eigenvalue weighted by Gasteiger charge is 2.09. The first-order valence-corrected chi connectivity index (χ1v) is 6.34. The van der Waals surface area contributed by atoms with Crippen molar-refractivity contribution in [2.75, 3.05) is 39.8 Å². The van der Waals surface area contributed by atoms with Crippen molar-refractivity contribution in [3.8, 4) is 5.75 Å². The van der Waals surface area contributed by atoms with Gasteiger partial charge in [0.05, 0.1) is 13.7 Å². The first-order valence-electron chi connectivity index (χ1n) is 5.81. The molecule has 0 aliphatic carbocycles. The number of hydrogen-bond acceptors (Lipinski definition) is 3. The minimum Gasteiger partial charge on any atom is -0.497 e. The van der Waals surface area contributed by atoms with Crippen molar-refractivity contribution in [2.45, 2.75) is 6.54 Å².